The van der Waals surface area contributed by atoms with Crippen LogP contribution in [0.1, 0.15) is 66.0 Å². The summed E-state index contributed by atoms with van der Waals surface area (Å²) >= 11 is 0. The van der Waals surface area contributed by atoms with E-state index in [1.807, 2.05) is 69.3 Å². The highest BCUT2D eigenvalue weighted by Gasteiger charge is 2.36. The molecule has 0 saturated heterocycles. The standard InChI is InChI=1S/C26H27FN6O3.C21H19FN6O.CH4.ClH/c1-26(2,3)36-25(34)31-15-11-16(12-15)33-24-21(23(28)29-14-30-24)22(32-33)19-10-9-18(13-20(19)27)35-17-7-5-4-6-8-17;22-17-10-15(29-14-4-2-1-3-5-14)6-7-16(17)19-18-20(24)25-11-26-21(18)28(27-19)13-8-12(23)9-13;;/h4-10,13-16H,11-12H2,1-3H3,(H,31,34)(H2,28,29,30);1-7,10-13H,8-9,23H2,(H2,24,25,26);1H4;1H. The molecule has 2 fully saturated rings. The molecule has 0 unspecified atom stereocenters. The Morgan fingerprint density at radius 2 is 1.09 bits per heavy atom. The van der Waals surface area contributed by atoms with Gasteiger partial charge in [0.2, 0.25) is 0 Å². The number of amides is 1. The average molecular weight is 933 g/mol. The van der Waals surface area contributed by atoms with Gasteiger partial charge in [0.1, 0.15) is 75.9 Å². The first-order valence-corrected chi connectivity index (χ1v) is 21.1. The molecule has 4 aromatic heterocycles. The molecule has 67 heavy (non-hydrogen) atoms. The Kier molecular flexibility index (Phi) is 13.9. The summed E-state index contributed by atoms with van der Waals surface area (Å²) in [4.78, 5) is 29.0. The number of rotatable bonds is 9. The van der Waals surface area contributed by atoms with Crippen molar-refractivity contribution >= 4 is 52.2 Å². The van der Waals surface area contributed by atoms with Gasteiger partial charge in [0, 0.05) is 35.3 Å². The van der Waals surface area contributed by atoms with E-state index >= 15 is 8.78 Å². The summed E-state index contributed by atoms with van der Waals surface area (Å²) in [6, 6.07) is 27.8. The predicted octanol–water partition coefficient (Wildman–Crippen LogP) is 9.96. The minimum Gasteiger partial charge on any atom is -0.457 e. The summed E-state index contributed by atoms with van der Waals surface area (Å²) in [5.41, 5.74) is 20.1. The van der Waals surface area contributed by atoms with E-state index in [2.05, 4.69) is 30.4 Å². The number of anilines is 2. The molecule has 10 rings (SSSR count). The number of alkyl carbamates (subject to hydrolysis) is 1. The molecule has 4 aromatic carbocycles. The number of nitrogens with one attached hydrogen (secondary N) is 1. The number of ether oxygens (including phenoxy) is 3. The van der Waals surface area contributed by atoms with Crippen molar-refractivity contribution < 1.29 is 27.8 Å². The summed E-state index contributed by atoms with van der Waals surface area (Å²) in [6.07, 6.45) is 5.16. The normalized spacial score (nSPS) is 17.4. The topological polar surface area (TPSA) is 222 Å². The van der Waals surface area contributed by atoms with E-state index in [-0.39, 0.29) is 61.2 Å². The fourth-order valence-electron chi connectivity index (χ4n) is 7.84. The number of nitrogens with two attached hydrogens (primary N) is 3. The van der Waals surface area contributed by atoms with E-state index in [9.17, 15) is 4.79 Å². The number of para-hydroxylation sites is 2. The third-order valence-corrected chi connectivity index (χ3v) is 11.1. The number of hydrogen-bond donors (Lipinski definition) is 4. The molecule has 1 amide bonds. The molecule has 2 saturated carbocycles. The molecule has 4 heterocycles. The van der Waals surface area contributed by atoms with E-state index in [0.717, 1.165) is 12.8 Å². The number of hydrogen-bond acceptors (Lipinski definition) is 13. The number of nitrogens with zero attached hydrogens (tertiary/aromatic N) is 8. The monoisotopic (exact) mass is 932 g/mol. The van der Waals surface area contributed by atoms with Gasteiger partial charge in [-0.05, 0) is 95.0 Å². The first-order valence-electron chi connectivity index (χ1n) is 21.1. The average Bonchev–Trinajstić information content (AvgIpc) is 3.82. The van der Waals surface area contributed by atoms with Crippen LogP contribution in [0.5, 0.6) is 23.0 Å². The molecule has 0 bridgehead atoms. The van der Waals surface area contributed by atoms with Crippen LogP contribution in [-0.2, 0) is 4.74 Å². The Morgan fingerprint density at radius 1 is 0.657 bits per heavy atom. The van der Waals surface area contributed by atoms with E-state index in [0.29, 0.717) is 74.9 Å². The first-order chi connectivity index (χ1) is 31.3. The van der Waals surface area contributed by atoms with E-state index < -0.39 is 23.3 Å². The summed E-state index contributed by atoms with van der Waals surface area (Å²) < 4.78 is 50.6. The van der Waals surface area contributed by atoms with E-state index in [1.54, 1.807) is 45.8 Å². The maximum absolute atomic E-state index is 15.3. The van der Waals surface area contributed by atoms with Gasteiger partial charge >= 0.3 is 6.09 Å². The highest BCUT2D eigenvalue weighted by atomic mass is 35.5. The summed E-state index contributed by atoms with van der Waals surface area (Å²) in [5, 5.41) is 13.2. The number of carbonyl (C=O) groups is 1. The predicted molar refractivity (Wildman–Crippen MR) is 255 cm³/mol. The highest BCUT2D eigenvalue weighted by Crippen LogP contribution is 2.41. The van der Waals surface area contributed by atoms with Crippen LogP contribution in [0.3, 0.4) is 0 Å². The zero-order valence-corrected chi connectivity index (χ0v) is 37.0. The Labute approximate surface area is 391 Å². The van der Waals surface area contributed by atoms with Crippen LogP contribution < -0.4 is 32.0 Å². The SMILES string of the molecule is C.CC(C)(C)OC(=O)NC1CC(n2nc(-c3ccc(Oc4ccccc4)cc3F)c3c(N)ncnc32)C1.Cl.Nc1ncnc2c1c(-c1ccc(Oc3ccccc3)cc1F)nn2C1CC(N)C1. The van der Waals surface area contributed by atoms with Crippen LogP contribution in [0.15, 0.2) is 110 Å². The largest absolute Gasteiger partial charge is 0.457 e. The molecule has 7 N–H and O–H groups in total. The second-order valence-corrected chi connectivity index (χ2v) is 17.0. The minimum absolute atomic E-state index is 0. The lowest BCUT2D eigenvalue weighted by Crippen LogP contribution is -2.46. The molecule has 2 aliphatic carbocycles. The molecule has 0 radical (unpaired) electrons. The van der Waals surface area contributed by atoms with Gasteiger partial charge in [0.15, 0.2) is 11.3 Å². The number of nitrogen functional groups attached to an aromatic ring is 2. The Morgan fingerprint density at radius 3 is 1.49 bits per heavy atom. The molecule has 8 aromatic rings. The van der Waals surface area contributed by atoms with Gasteiger partial charge in [-0.25, -0.2) is 42.9 Å². The summed E-state index contributed by atoms with van der Waals surface area (Å²) in [6.45, 7) is 5.45. The van der Waals surface area contributed by atoms with Crippen molar-refractivity contribution in [3.8, 4) is 45.5 Å². The number of carbonyl (C=O) groups excluding carboxylic acids is 1. The molecule has 16 nitrogen and oxygen atoms in total. The van der Waals surface area contributed by atoms with Crippen LogP contribution in [-0.4, -0.2) is 63.3 Å². The van der Waals surface area contributed by atoms with Crippen LogP contribution in [0.2, 0.25) is 0 Å². The zero-order valence-electron chi connectivity index (χ0n) is 36.1. The molecule has 0 atom stereocenters. The number of aromatic nitrogens is 8. The third-order valence-electron chi connectivity index (χ3n) is 11.1. The lowest BCUT2D eigenvalue weighted by atomic mass is 9.87. The Hall–Kier alpha value is -7.44. The molecule has 19 heteroatoms. The second-order valence-electron chi connectivity index (χ2n) is 17.0. The molecular formula is C48H51ClF2N12O4. The van der Waals surface area contributed by atoms with Crippen molar-refractivity contribution in [1.29, 1.82) is 0 Å². The van der Waals surface area contributed by atoms with Gasteiger partial charge in [-0.3, -0.25) is 0 Å². The van der Waals surface area contributed by atoms with Gasteiger partial charge in [-0.2, -0.15) is 10.2 Å². The molecule has 0 spiro atoms. The molecule has 348 valence electrons. The maximum Gasteiger partial charge on any atom is 0.407 e. The summed E-state index contributed by atoms with van der Waals surface area (Å²) in [7, 11) is 0. The highest BCUT2D eigenvalue weighted by molar-refractivity contribution is 5.99. The van der Waals surface area contributed by atoms with Crippen LogP contribution in [0.4, 0.5) is 25.2 Å². The van der Waals surface area contributed by atoms with Crippen molar-refractivity contribution in [3.05, 3.63) is 121 Å². The van der Waals surface area contributed by atoms with Crippen molar-refractivity contribution in [3.63, 3.8) is 0 Å². The lowest BCUT2D eigenvalue weighted by molar-refractivity contribution is 0.0454. The van der Waals surface area contributed by atoms with Crippen LogP contribution in [0, 0.1) is 11.6 Å². The first kappa shape index (κ1) is 47.5. The van der Waals surface area contributed by atoms with Crippen molar-refractivity contribution in [2.75, 3.05) is 11.5 Å². The van der Waals surface area contributed by atoms with Crippen LogP contribution in [0.25, 0.3) is 44.6 Å². The van der Waals surface area contributed by atoms with Crippen molar-refractivity contribution in [1.82, 2.24) is 44.8 Å². The van der Waals surface area contributed by atoms with Crippen LogP contribution >= 0.6 is 12.4 Å². The van der Waals surface area contributed by atoms with Gasteiger partial charge < -0.3 is 36.7 Å². The fraction of sp³-hybridized carbons (Fsp3) is 0.271. The molecule has 2 aliphatic rings. The van der Waals surface area contributed by atoms with E-state index in [4.69, 9.17) is 36.5 Å². The second kappa shape index (κ2) is 19.6. The van der Waals surface area contributed by atoms with Gasteiger partial charge in [-0.1, -0.05) is 43.8 Å². The maximum atomic E-state index is 15.3. The zero-order chi connectivity index (χ0) is 45.4. The molecule has 0 aliphatic heterocycles. The fourth-order valence-corrected chi connectivity index (χ4v) is 7.84. The van der Waals surface area contributed by atoms with Gasteiger partial charge in [0.25, 0.3) is 0 Å². The Balaban J connectivity index is 0.000000197. The van der Waals surface area contributed by atoms with Crippen molar-refractivity contribution in [2.45, 2.75) is 83.6 Å². The number of fused-ring (bicyclic) bond motifs is 2. The summed E-state index contributed by atoms with van der Waals surface area (Å²) in [5.74, 6) is 1.53. The van der Waals surface area contributed by atoms with E-state index in [1.165, 1.54) is 24.8 Å². The Bertz CT molecular complexity index is 3010. The van der Waals surface area contributed by atoms with Gasteiger partial charge in [0.05, 0.1) is 22.9 Å². The quantitative estimate of drug-likeness (QED) is 0.106. The third kappa shape index (κ3) is 10.2. The smallest absolute Gasteiger partial charge is 0.407 e. The number of benzene rings is 4. The number of halogens is 3. The lowest BCUT2D eigenvalue weighted by Gasteiger charge is -2.36. The minimum atomic E-state index is -0.569. The van der Waals surface area contributed by atoms with Crippen molar-refractivity contribution in [2.24, 2.45) is 5.73 Å². The van der Waals surface area contributed by atoms with Gasteiger partial charge in [-0.15, -0.1) is 12.4 Å². The molecular weight excluding hydrogens is 882 g/mol.